The van der Waals surface area contributed by atoms with Crippen LogP contribution in [-0.4, -0.2) is 61.2 Å². The van der Waals surface area contributed by atoms with E-state index in [1.165, 1.54) is 12.8 Å². The molecular formula is C15H28N4. The number of nitrogens with zero attached hydrogens (tertiary/aromatic N) is 3. The molecule has 1 unspecified atom stereocenters. The monoisotopic (exact) mass is 264 g/mol. The van der Waals surface area contributed by atoms with Crippen LogP contribution in [0.2, 0.25) is 0 Å². The van der Waals surface area contributed by atoms with Crippen LogP contribution >= 0.6 is 0 Å². The summed E-state index contributed by atoms with van der Waals surface area (Å²) in [6, 6.07) is 2.62. The van der Waals surface area contributed by atoms with Crippen molar-refractivity contribution in [1.29, 1.82) is 5.26 Å². The number of piperazine rings is 1. The van der Waals surface area contributed by atoms with Gasteiger partial charge in [-0.1, -0.05) is 13.8 Å². The third-order valence-electron chi connectivity index (χ3n) is 4.55. The molecule has 1 aliphatic heterocycles. The standard InChI is InChI=1S/C15H28N4/c1-3-7-17-15(12-16,14-5-6-14)13-19-10-8-18(4-2)9-11-19/h14,17H,3-11,13H2,1-2H3. The van der Waals surface area contributed by atoms with Gasteiger partial charge in [-0.05, 0) is 38.3 Å². The first-order chi connectivity index (χ1) is 9.24. The molecule has 0 bridgehead atoms. The minimum absolute atomic E-state index is 0.287. The smallest absolute Gasteiger partial charge is 0.122 e. The lowest BCUT2D eigenvalue weighted by molar-refractivity contribution is 0.111. The summed E-state index contributed by atoms with van der Waals surface area (Å²) in [5.74, 6) is 0.577. The van der Waals surface area contributed by atoms with Crippen LogP contribution in [0.5, 0.6) is 0 Å². The Morgan fingerprint density at radius 2 is 1.79 bits per heavy atom. The highest BCUT2D eigenvalue weighted by Crippen LogP contribution is 2.40. The second kappa shape index (κ2) is 6.69. The highest BCUT2D eigenvalue weighted by molar-refractivity contribution is 5.16. The third kappa shape index (κ3) is 3.68. The predicted octanol–water partition coefficient (Wildman–Crippen LogP) is 1.30. The summed E-state index contributed by atoms with van der Waals surface area (Å²) in [6.07, 6.45) is 3.54. The molecule has 1 saturated carbocycles. The molecule has 0 radical (unpaired) electrons. The molecule has 2 rings (SSSR count). The summed E-state index contributed by atoms with van der Waals surface area (Å²) in [7, 11) is 0. The largest absolute Gasteiger partial charge is 0.301 e. The van der Waals surface area contributed by atoms with Crippen molar-refractivity contribution in [1.82, 2.24) is 15.1 Å². The fourth-order valence-electron chi connectivity index (χ4n) is 3.04. The molecule has 1 atom stereocenters. The van der Waals surface area contributed by atoms with Crippen LogP contribution in [0.1, 0.15) is 33.1 Å². The van der Waals surface area contributed by atoms with E-state index in [0.717, 1.165) is 52.2 Å². The van der Waals surface area contributed by atoms with Crippen molar-refractivity contribution < 1.29 is 0 Å². The Balaban J connectivity index is 1.91. The maximum atomic E-state index is 9.69. The van der Waals surface area contributed by atoms with Crippen LogP contribution in [0, 0.1) is 17.2 Å². The van der Waals surface area contributed by atoms with Crippen LogP contribution in [0.25, 0.3) is 0 Å². The topological polar surface area (TPSA) is 42.3 Å². The molecule has 108 valence electrons. The van der Waals surface area contributed by atoms with Gasteiger partial charge in [0.25, 0.3) is 0 Å². The van der Waals surface area contributed by atoms with Crippen LogP contribution in [0.3, 0.4) is 0 Å². The quantitative estimate of drug-likeness (QED) is 0.752. The molecule has 1 saturated heterocycles. The Kier molecular flexibility index (Phi) is 5.20. The first-order valence-electron chi connectivity index (χ1n) is 7.85. The van der Waals surface area contributed by atoms with E-state index in [1.54, 1.807) is 0 Å². The lowest BCUT2D eigenvalue weighted by Crippen LogP contribution is -2.58. The van der Waals surface area contributed by atoms with Crippen molar-refractivity contribution in [2.45, 2.75) is 38.6 Å². The Morgan fingerprint density at radius 3 is 2.26 bits per heavy atom. The molecule has 0 aromatic heterocycles. The number of nitrogens with one attached hydrogen (secondary N) is 1. The van der Waals surface area contributed by atoms with E-state index < -0.39 is 0 Å². The Bertz CT molecular complexity index is 313. The van der Waals surface area contributed by atoms with E-state index in [2.05, 4.69) is 35.0 Å². The zero-order chi connectivity index (χ0) is 13.7. The van der Waals surface area contributed by atoms with Crippen LogP contribution in [0.15, 0.2) is 0 Å². The number of likely N-dealkylation sites (N-methyl/N-ethyl adjacent to an activating group) is 1. The van der Waals surface area contributed by atoms with E-state index >= 15 is 0 Å². The number of hydrogen-bond donors (Lipinski definition) is 1. The highest BCUT2D eigenvalue weighted by Gasteiger charge is 2.46. The molecule has 2 fully saturated rings. The number of rotatable bonds is 7. The summed E-state index contributed by atoms with van der Waals surface area (Å²) < 4.78 is 0. The average Bonchev–Trinajstić information content (AvgIpc) is 3.29. The number of nitriles is 1. The maximum absolute atomic E-state index is 9.69. The van der Waals surface area contributed by atoms with Crippen molar-refractivity contribution in [2.75, 3.05) is 45.8 Å². The molecule has 1 aliphatic carbocycles. The van der Waals surface area contributed by atoms with Gasteiger partial charge in [0.15, 0.2) is 0 Å². The van der Waals surface area contributed by atoms with Gasteiger partial charge < -0.3 is 4.90 Å². The predicted molar refractivity (Wildman–Crippen MR) is 77.9 cm³/mol. The Morgan fingerprint density at radius 1 is 1.16 bits per heavy atom. The third-order valence-corrected chi connectivity index (χ3v) is 4.55. The fourth-order valence-corrected chi connectivity index (χ4v) is 3.04. The van der Waals surface area contributed by atoms with E-state index in [4.69, 9.17) is 0 Å². The van der Waals surface area contributed by atoms with Gasteiger partial charge >= 0.3 is 0 Å². The van der Waals surface area contributed by atoms with Gasteiger partial charge in [0.1, 0.15) is 5.54 Å². The van der Waals surface area contributed by atoms with Crippen molar-refractivity contribution >= 4 is 0 Å². The Hall–Kier alpha value is -0.630. The van der Waals surface area contributed by atoms with Gasteiger partial charge in [-0.2, -0.15) is 5.26 Å². The van der Waals surface area contributed by atoms with Gasteiger partial charge in [0.2, 0.25) is 0 Å². The van der Waals surface area contributed by atoms with Gasteiger partial charge in [0.05, 0.1) is 6.07 Å². The van der Waals surface area contributed by atoms with Crippen LogP contribution in [0.4, 0.5) is 0 Å². The van der Waals surface area contributed by atoms with Gasteiger partial charge in [-0.15, -0.1) is 0 Å². The second-order valence-corrected chi connectivity index (χ2v) is 5.99. The molecule has 4 nitrogen and oxygen atoms in total. The minimum atomic E-state index is -0.287. The zero-order valence-corrected chi connectivity index (χ0v) is 12.5. The molecule has 0 aromatic carbocycles. The lowest BCUT2D eigenvalue weighted by atomic mass is 9.93. The first kappa shape index (κ1) is 14.8. The molecule has 0 spiro atoms. The zero-order valence-electron chi connectivity index (χ0n) is 12.5. The molecule has 1 heterocycles. The molecule has 0 amide bonds. The van der Waals surface area contributed by atoms with Crippen molar-refractivity contribution in [2.24, 2.45) is 5.92 Å². The van der Waals surface area contributed by atoms with Crippen molar-refractivity contribution in [3.8, 4) is 6.07 Å². The van der Waals surface area contributed by atoms with Crippen molar-refractivity contribution in [3.63, 3.8) is 0 Å². The SMILES string of the molecule is CCCNC(C#N)(CN1CCN(CC)CC1)C1CC1. The summed E-state index contributed by atoms with van der Waals surface area (Å²) in [4.78, 5) is 4.97. The van der Waals surface area contributed by atoms with E-state index in [0.29, 0.717) is 5.92 Å². The van der Waals surface area contributed by atoms with Crippen LogP contribution in [-0.2, 0) is 0 Å². The number of hydrogen-bond acceptors (Lipinski definition) is 4. The maximum Gasteiger partial charge on any atom is 0.122 e. The summed E-state index contributed by atoms with van der Waals surface area (Å²) in [5.41, 5.74) is -0.287. The normalized spacial score (nSPS) is 24.9. The molecule has 0 aromatic rings. The second-order valence-electron chi connectivity index (χ2n) is 5.99. The molecule has 19 heavy (non-hydrogen) atoms. The molecule has 2 aliphatic rings. The minimum Gasteiger partial charge on any atom is -0.301 e. The van der Waals surface area contributed by atoms with E-state index in [9.17, 15) is 5.26 Å². The molecular weight excluding hydrogens is 236 g/mol. The fraction of sp³-hybridized carbons (Fsp3) is 0.933. The van der Waals surface area contributed by atoms with Crippen molar-refractivity contribution in [3.05, 3.63) is 0 Å². The lowest BCUT2D eigenvalue weighted by Gasteiger charge is -2.39. The average molecular weight is 264 g/mol. The summed E-state index contributed by atoms with van der Waals surface area (Å²) >= 11 is 0. The highest BCUT2D eigenvalue weighted by atomic mass is 15.3. The van der Waals surface area contributed by atoms with Crippen LogP contribution < -0.4 is 5.32 Å². The van der Waals surface area contributed by atoms with Gasteiger partial charge in [0, 0.05) is 32.7 Å². The van der Waals surface area contributed by atoms with E-state index in [-0.39, 0.29) is 5.54 Å². The van der Waals surface area contributed by atoms with E-state index in [1.807, 2.05) is 0 Å². The molecule has 1 N–H and O–H groups in total. The van der Waals surface area contributed by atoms with Gasteiger partial charge in [-0.25, -0.2) is 0 Å². The summed E-state index contributed by atoms with van der Waals surface area (Å²) in [6.45, 7) is 11.9. The molecule has 4 heteroatoms. The van der Waals surface area contributed by atoms with Gasteiger partial charge in [-0.3, -0.25) is 10.2 Å². The Labute approximate surface area is 117 Å². The summed E-state index contributed by atoms with van der Waals surface area (Å²) in [5, 5.41) is 13.2. The first-order valence-corrected chi connectivity index (χ1v) is 7.85.